The highest BCUT2D eigenvalue weighted by atomic mass is 16.4. The normalized spacial score (nSPS) is 16.0. The third-order valence-corrected chi connectivity index (χ3v) is 2.74. The molecule has 0 bridgehead atoms. The van der Waals surface area contributed by atoms with Crippen LogP contribution in [0.3, 0.4) is 0 Å². The van der Waals surface area contributed by atoms with E-state index in [-0.39, 0.29) is 5.92 Å². The van der Waals surface area contributed by atoms with E-state index < -0.39 is 18.0 Å². The van der Waals surface area contributed by atoms with Crippen molar-refractivity contribution in [3.8, 4) is 0 Å². The van der Waals surface area contributed by atoms with Crippen LogP contribution in [-0.4, -0.2) is 44.7 Å². The van der Waals surface area contributed by atoms with Gasteiger partial charge in [0, 0.05) is 12.7 Å². The summed E-state index contributed by atoms with van der Waals surface area (Å²) in [6.45, 7) is 0.862. The number of aromatic nitrogens is 3. The summed E-state index contributed by atoms with van der Waals surface area (Å²) < 4.78 is 1.58. The summed E-state index contributed by atoms with van der Waals surface area (Å²) in [5.74, 6) is -0.910. The monoisotopic (exact) mass is 253 g/mol. The van der Waals surface area contributed by atoms with E-state index in [1.807, 2.05) is 0 Å². The quantitative estimate of drug-likeness (QED) is 0.629. The zero-order valence-electron chi connectivity index (χ0n) is 9.74. The third-order valence-electron chi connectivity index (χ3n) is 2.74. The number of aliphatic carboxylic acids is 1. The number of carboxylic acid groups (broad SMARTS) is 1. The van der Waals surface area contributed by atoms with Crippen molar-refractivity contribution < 1.29 is 14.7 Å². The van der Waals surface area contributed by atoms with Crippen molar-refractivity contribution in [2.24, 2.45) is 5.92 Å². The first kappa shape index (κ1) is 12.3. The molecule has 1 unspecified atom stereocenters. The molecule has 0 radical (unpaired) electrons. The van der Waals surface area contributed by atoms with Crippen molar-refractivity contribution in [2.75, 3.05) is 6.54 Å². The van der Waals surface area contributed by atoms with E-state index in [1.54, 1.807) is 17.1 Å². The van der Waals surface area contributed by atoms with Gasteiger partial charge in [0.05, 0.1) is 12.7 Å². The largest absolute Gasteiger partial charge is 0.480 e. The van der Waals surface area contributed by atoms with Crippen LogP contribution in [0.15, 0.2) is 12.4 Å². The molecule has 18 heavy (non-hydrogen) atoms. The fraction of sp³-hybridized carbons (Fsp3) is 0.600. The van der Waals surface area contributed by atoms with E-state index in [0.29, 0.717) is 13.1 Å². The summed E-state index contributed by atoms with van der Waals surface area (Å²) in [5, 5.41) is 21.4. The van der Waals surface area contributed by atoms with Gasteiger partial charge in [-0.05, 0) is 18.8 Å². The average molecular weight is 253 g/mol. The van der Waals surface area contributed by atoms with E-state index >= 15 is 0 Å². The molecule has 2 rings (SSSR count). The Morgan fingerprint density at radius 3 is 2.83 bits per heavy atom. The number of carbonyl (C=O) groups excluding carboxylic acids is 1. The number of amides is 2. The number of rotatable bonds is 6. The minimum Gasteiger partial charge on any atom is -0.480 e. The Bertz CT molecular complexity index is 415. The molecule has 1 aromatic heterocycles. The van der Waals surface area contributed by atoms with Crippen LogP contribution in [0.5, 0.6) is 0 Å². The molecule has 98 valence electrons. The van der Waals surface area contributed by atoms with Crippen molar-refractivity contribution in [3.05, 3.63) is 12.4 Å². The molecule has 0 aliphatic heterocycles. The van der Waals surface area contributed by atoms with Crippen LogP contribution in [0.25, 0.3) is 0 Å². The summed E-state index contributed by atoms with van der Waals surface area (Å²) >= 11 is 0. The predicted octanol–water partition coefficient (Wildman–Crippen LogP) is -0.559. The van der Waals surface area contributed by atoms with Gasteiger partial charge in [-0.25, -0.2) is 9.59 Å². The SMILES string of the molecule is O=C(NCCn1ccnn1)NC(C(=O)O)C1CC1. The zero-order chi connectivity index (χ0) is 13.0. The van der Waals surface area contributed by atoms with E-state index in [2.05, 4.69) is 20.9 Å². The van der Waals surface area contributed by atoms with Gasteiger partial charge in [0.2, 0.25) is 0 Å². The second-order valence-electron chi connectivity index (χ2n) is 4.22. The maximum absolute atomic E-state index is 11.5. The highest BCUT2D eigenvalue weighted by Crippen LogP contribution is 2.32. The molecule has 8 nitrogen and oxygen atoms in total. The minimum atomic E-state index is -0.982. The van der Waals surface area contributed by atoms with Crippen LogP contribution >= 0.6 is 0 Å². The van der Waals surface area contributed by atoms with Gasteiger partial charge in [0.1, 0.15) is 6.04 Å². The third kappa shape index (κ3) is 3.44. The fourth-order valence-electron chi connectivity index (χ4n) is 1.64. The van der Waals surface area contributed by atoms with Gasteiger partial charge >= 0.3 is 12.0 Å². The Kier molecular flexibility index (Phi) is 3.75. The van der Waals surface area contributed by atoms with Crippen LogP contribution in [0.1, 0.15) is 12.8 Å². The molecule has 1 atom stereocenters. The first-order valence-electron chi connectivity index (χ1n) is 5.78. The van der Waals surface area contributed by atoms with E-state index in [9.17, 15) is 9.59 Å². The number of carbonyl (C=O) groups is 2. The van der Waals surface area contributed by atoms with Gasteiger partial charge in [-0.2, -0.15) is 0 Å². The van der Waals surface area contributed by atoms with Gasteiger partial charge in [0.15, 0.2) is 0 Å². The molecule has 1 aliphatic rings. The van der Waals surface area contributed by atoms with E-state index in [1.165, 1.54) is 0 Å². The lowest BCUT2D eigenvalue weighted by Gasteiger charge is -2.14. The second kappa shape index (κ2) is 5.48. The number of urea groups is 1. The first-order valence-corrected chi connectivity index (χ1v) is 5.78. The van der Waals surface area contributed by atoms with Crippen LogP contribution in [0.2, 0.25) is 0 Å². The van der Waals surface area contributed by atoms with Crippen LogP contribution in [-0.2, 0) is 11.3 Å². The van der Waals surface area contributed by atoms with Crippen molar-refractivity contribution in [1.29, 1.82) is 0 Å². The first-order chi connectivity index (χ1) is 8.66. The van der Waals surface area contributed by atoms with Crippen molar-refractivity contribution in [1.82, 2.24) is 25.6 Å². The highest BCUT2D eigenvalue weighted by molar-refractivity contribution is 5.83. The summed E-state index contributed by atoms with van der Waals surface area (Å²) in [7, 11) is 0. The predicted molar refractivity (Wildman–Crippen MR) is 60.7 cm³/mol. The maximum Gasteiger partial charge on any atom is 0.326 e. The maximum atomic E-state index is 11.5. The topological polar surface area (TPSA) is 109 Å². The zero-order valence-corrected chi connectivity index (χ0v) is 9.74. The number of nitrogens with one attached hydrogen (secondary N) is 2. The standard InChI is InChI=1S/C10H15N5O3/c16-9(17)8(7-1-2-7)13-10(18)11-3-5-15-6-4-12-14-15/h4,6-8H,1-3,5H2,(H,16,17)(H2,11,13,18). The fourth-order valence-corrected chi connectivity index (χ4v) is 1.64. The molecular formula is C10H15N5O3. The number of carboxylic acids is 1. The average Bonchev–Trinajstić information content (AvgIpc) is 3.03. The van der Waals surface area contributed by atoms with Crippen LogP contribution < -0.4 is 10.6 Å². The number of hydrogen-bond acceptors (Lipinski definition) is 4. The molecule has 0 aromatic carbocycles. The Hall–Kier alpha value is -2.12. The molecule has 2 amide bonds. The highest BCUT2D eigenvalue weighted by Gasteiger charge is 2.37. The smallest absolute Gasteiger partial charge is 0.326 e. The Morgan fingerprint density at radius 2 is 2.28 bits per heavy atom. The molecule has 1 aromatic rings. The van der Waals surface area contributed by atoms with E-state index in [4.69, 9.17) is 5.11 Å². The van der Waals surface area contributed by atoms with Crippen molar-refractivity contribution in [2.45, 2.75) is 25.4 Å². The molecule has 8 heteroatoms. The molecule has 1 fully saturated rings. The summed E-state index contributed by atoms with van der Waals surface area (Å²) in [6, 6.07) is -1.24. The minimum absolute atomic E-state index is 0.0727. The lowest BCUT2D eigenvalue weighted by Crippen LogP contribution is -2.47. The summed E-state index contributed by atoms with van der Waals surface area (Å²) in [6.07, 6.45) is 4.95. The molecule has 3 N–H and O–H groups in total. The Morgan fingerprint density at radius 1 is 1.50 bits per heavy atom. The number of hydrogen-bond donors (Lipinski definition) is 3. The van der Waals surface area contributed by atoms with Gasteiger partial charge in [0.25, 0.3) is 0 Å². The molecule has 1 heterocycles. The molecule has 0 saturated heterocycles. The summed E-state index contributed by atoms with van der Waals surface area (Å²) in [5.41, 5.74) is 0. The van der Waals surface area contributed by atoms with Crippen LogP contribution in [0.4, 0.5) is 4.79 Å². The van der Waals surface area contributed by atoms with Gasteiger partial charge in [-0.1, -0.05) is 5.21 Å². The van der Waals surface area contributed by atoms with E-state index in [0.717, 1.165) is 12.8 Å². The van der Waals surface area contributed by atoms with Crippen molar-refractivity contribution >= 4 is 12.0 Å². The Balaban J connectivity index is 1.69. The second-order valence-corrected chi connectivity index (χ2v) is 4.22. The molecular weight excluding hydrogens is 238 g/mol. The number of nitrogens with zero attached hydrogens (tertiary/aromatic N) is 3. The molecule has 0 spiro atoms. The van der Waals surface area contributed by atoms with Gasteiger partial charge in [-0.15, -0.1) is 5.10 Å². The summed E-state index contributed by atoms with van der Waals surface area (Å²) in [4.78, 5) is 22.4. The lowest BCUT2D eigenvalue weighted by molar-refractivity contribution is -0.139. The van der Waals surface area contributed by atoms with Crippen LogP contribution in [0, 0.1) is 5.92 Å². The van der Waals surface area contributed by atoms with Gasteiger partial charge in [-0.3, -0.25) is 4.68 Å². The Labute approximate surface area is 103 Å². The molecule has 1 aliphatic carbocycles. The van der Waals surface area contributed by atoms with Crippen molar-refractivity contribution in [3.63, 3.8) is 0 Å². The lowest BCUT2D eigenvalue weighted by atomic mass is 10.2. The molecule has 1 saturated carbocycles. The van der Waals surface area contributed by atoms with Gasteiger partial charge < -0.3 is 15.7 Å².